The van der Waals surface area contributed by atoms with Gasteiger partial charge in [0.25, 0.3) is 0 Å². The third-order valence-corrected chi connectivity index (χ3v) is 6.17. The first-order valence-corrected chi connectivity index (χ1v) is 12.2. The van der Waals surface area contributed by atoms with Gasteiger partial charge < -0.3 is 0 Å². The van der Waals surface area contributed by atoms with Crippen LogP contribution < -0.4 is 0 Å². The summed E-state index contributed by atoms with van der Waals surface area (Å²) < 4.78 is 0. The van der Waals surface area contributed by atoms with E-state index in [0.717, 1.165) is 27.8 Å². The fraction of sp³-hybridized carbons (Fsp3) is 0.484. The summed E-state index contributed by atoms with van der Waals surface area (Å²) in [5.41, 5.74) is 5.57. The van der Waals surface area contributed by atoms with Crippen LogP contribution in [0.4, 0.5) is 5.69 Å². The zero-order valence-electron chi connectivity index (χ0n) is 22.4. The van der Waals surface area contributed by atoms with E-state index in [0.29, 0.717) is 24.9 Å². The molecule has 5 nitrogen and oxygen atoms in total. The van der Waals surface area contributed by atoms with Crippen molar-refractivity contribution in [2.45, 2.75) is 82.1 Å². The molecule has 0 aliphatic carbocycles. The van der Waals surface area contributed by atoms with Gasteiger partial charge in [-0.3, -0.25) is 14.4 Å². The van der Waals surface area contributed by atoms with Crippen LogP contribution in [0.25, 0.3) is 0 Å². The van der Waals surface area contributed by atoms with E-state index >= 15 is 0 Å². The van der Waals surface area contributed by atoms with Crippen molar-refractivity contribution in [2.24, 2.45) is 22.7 Å². The van der Waals surface area contributed by atoms with Gasteiger partial charge in [-0.15, -0.1) is 0 Å². The van der Waals surface area contributed by atoms with E-state index in [-0.39, 0.29) is 42.5 Å². The highest BCUT2D eigenvalue weighted by Gasteiger charge is 2.15. The van der Waals surface area contributed by atoms with Crippen molar-refractivity contribution in [3.8, 4) is 0 Å². The molecule has 0 fully saturated rings. The van der Waals surface area contributed by atoms with Crippen molar-refractivity contribution in [1.29, 1.82) is 0 Å². The predicted molar refractivity (Wildman–Crippen MR) is 148 cm³/mol. The van der Waals surface area contributed by atoms with E-state index in [4.69, 9.17) is 0 Å². The molecule has 5 heteroatoms. The summed E-state index contributed by atoms with van der Waals surface area (Å²) in [6.07, 6.45) is 2.84. The maximum atomic E-state index is 11.8. The summed E-state index contributed by atoms with van der Waals surface area (Å²) in [6.45, 7) is 15.3. The molecule has 0 unspecified atom stereocenters. The van der Waals surface area contributed by atoms with E-state index < -0.39 is 0 Å². The molecule has 2 aromatic carbocycles. The van der Waals surface area contributed by atoms with Crippen LogP contribution in [-0.4, -0.2) is 23.4 Å². The number of Topliss-reactive ketones (excluding diaryl/α,β-unsaturated/α-hetero) is 3. The van der Waals surface area contributed by atoms with Gasteiger partial charge in [0, 0.05) is 37.0 Å². The molecule has 0 aromatic heterocycles. The first-order chi connectivity index (χ1) is 16.4. The molecule has 0 N–H and O–H groups in total. The van der Waals surface area contributed by atoms with E-state index in [1.54, 1.807) is 12.1 Å². The Hall–Kier alpha value is -3.17. The van der Waals surface area contributed by atoms with Crippen LogP contribution in [0, 0.1) is 31.6 Å². The maximum Gasteiger partial charge on any atom is 0.240 e. The zero-order chi connectivity index (χ0) is 26.7. The van der Waals surface area contributed by atoms with Crippen molar-refractivity contribution in [1.82, 2.24) is 0 Å². The lowest BCUT2D eigenvalue weighted by Crippen LogP contribution is -2.14. The third kappa shape index (κ3) is 10.2. The Balaban J connectivity index is 0.000000671. The zero-order valence-corrected chi connectivity index (χ0v) is 22.4. The number of nitrogens with zero attached hydrogens (tertiary/aromatic N) is 1. The molecule has 0 heterocycles. The van der Waals surface area contributed by atoms with Crippen molar-refractivity contribution >= 4 is 29.1 Å². The van der Waals surface area contributed by atoms with Gasteiger partial charge in [-0.25, -0.2) is 4.79 Å². The summed E-state index contributed by atoms with van der Waals surface area (Å²) in [4.78, 5) is 49.1. The summed E-state index contributed by atoms with van der Waals surface area (Å²) >= 11 is 0. The average Bonchev–Trinajstić information content (AvgIpc) is 2.79. The molecule has 2 aromatic rings. The molecule has 36 heavy (non-hydrogen) atoms. The van der Waals surface area contributed by atoms with Gasteiger partial charge in [0.2, 0.25) is 6.08 Å². The second-order valence-electron chi connectivity index (χ2n) is 9.86. The number of carbonyl (C=O) groups excluding carboxylic acids is 4. The van der Waals surface area contributed by atoms with E-state index in [1.165, 1.54) is 6.08 Å². The molecule has 0 saturated heterocycles. The number of isocyanates is 1. The van der Waals surface area contributed by atoms with E-state index in [2.05, 4.69) is 4.99 Å². The van der Waals surface area contributed by atoms with Crippen LogP contribution >= 0.6 is 0 Å². The highest BCUT2D eigenvalue weighted by Crippen LogP contribution is 2.22. The Morgan fingerprint density at radius 2 is 1.00 bits per heavy atom. The van der Waals surface area contributed by atoms with Gasteiger partial charge >= 0.3 is 0 Å². The van der Waals surface area contributed by atoms with Crippen molar-refractivity contribution < 1.29 is 19.2 Å². The van der Waals surface area contributed by atoms with Crippen LogP contribution in [0.15, 0.2) is 41.4 Å². The lowest BCUT2D eigenvalue weighted by atomic mass is 9.91. The fourth-order valence-electron chi connectivity index (χ4n) is 3.33. The number of hydrogen-bond acceptors (Lipinski definition) is 5. The molecule has 0 radical (unpaired) electrons. The number of ketones is 3. The topological polar surface area (TPSA) is 80.6 Å². The first-order valence-electron chi connectivity index (χ1n) is 12.2. The molecule has 0 aliphatic rings. The molecule has 2 rings (SSSR count). The minimum Gasteiger partial charge on any atom is -0.299 e. The molecule has 0 amide bonds. The molecule has 0 bridgehead atoms. The van der Waals surface area contributed by atoms with Crippen LogP contribution in [0.5, 0.6) is 0 Å². The largest absolute Gasteiger partial charge is 0.299 e. The van der Waals surface area contributed by atoms with Gasteiger partial charge in [0.15, 0.2) is 0 Å². The van der Waals surface area contributed by atoms with Gasteiger partial charge in [-0.05, 0) is 47.7 Å². The van der Waals surface area contributed by atoms with Crippen molar-refractivity contribution in [3.05, 3.63) is 64.2 Å². The Morgan fingerprint density at radius 1 is 0.667 bits per heavy atom. The number of hydrogen-bond donors (Lipinski definition) is 0. The van der Waals surface area contributed by atoms with Crippen LogP contribution in [0.3, 0.4) is 0 Å². The Bertz CT molecular complexity index is 1050. The number of carbonyl (C=O) groups is 3. The predicted octanol–water partition coefficient (Wildman–Crippen LogP) is 6.90. The Morgan fingerprint density at radius 3 is 1.33 bits per heavy atom. The summed E-state index contributed by atoms with van der Waals surface area (Å²) in [6, 6.07) is 11.3. The SMILES string of the molecule is C.Cc1c(CC(=O)C(C)C)cccc1CC(=O)C(C)C.Cc1c(CC(=O)C(C)C)cccc1N=C=O. The highest BCUT2D eigenvalue weighted by molar-refractivity contribution is 5.85. The number of benzene rings is 2. The smallest absolute Gasteiger partial charge is 0.240 e. The van der Waals surface area contributed by atoms with Crippen molar-refractivity contribution in [3.63, 3.8) is 0 Å². The normalized spacial score (nSPS) is 10.3. The lowest BCUT2D eigenvalue weighted by Gasteiger charge is -2.12. The van der Waals surface area contributed by atoms with Gasteiger partial charge in [0.1, 0.15) is 17.3 Å². The minimum atomic E-state index is 0. The highest BCUT2D eigenvalue weighted by atomic mass is 16.1. The van der Waals surface area contributed by atoms with Crippen LogP contribution in [0.1, 0.15) is 76.8 Å². The Labute approximate surface area is 217 Å². The maximum absolute atomic E-state index is 11.8. The molecular weight excluding hydrogens is 450 g/mol. The first kappa shape index (κ1) is 32.8. The minimum absolute atomic E-state index is 0. The Kier molecular flexibility index (Phi) is 14.4. The molecule has 196 valence electrons. The second-order valence-corrected chi connectivity index (χ2v) is 9.86. The molecule has 0 saturated carbocycles. The number of rotatable bonds is 10. The average molecular weight is 494 g/mol. The third-order valence-electron chi connectivity index (χ3n) is 6.17. The van der Waals surface area contributed by atoms with Crippen molar-refractivity contribution in [2.75, 3.05) is 0 Å². The summed E-state index contributed by atoms with van der Waals surface area (Å²) in [5.74, 6) is 0.819. The lowest BCUT2D eigenvalue weighted by molar-refractivity contribution is -0.122. The summed E-state index contributed by atoms with van der Waals surface area (Å²) in [7, 11) is 0. The molecule has 0 atom stereocenters. The standard InChI is InChI=1S/C17H24O2.C13H15NO2.CH4/c1-11(2)16(18)9-14-7-6-8-15(13(14)5)10-17(19)12(3)4;1-9(2)13(16)7-11-5-4-6-12(10(11)3)14-8-15;/h6-8,11-12H,9-10H2,1-5H3;4-6,9H,7H2,1-3H3;1H4. The quantitative estimate of drug-likeness (QED) is 0.266. The van der Waals surface area contributed by atoms with Gasteiger partial charge in [-0.2, -0.15) is 4.99 Å². The molecular formula is C31H43NO4. The number of aliphatic imine (C=N–C) groups is 1. The van der Waals surface area contributed by atoms with E-state index in [1.807, 2.05) is 79.7 Å². The molecule has 0 spiro atoms. The van der Waals surface area contributed by atoms with Crippen LogP contribution in [0.2, 0.25) is 0 Å². The van der Waals surface area contributed by atoms with Gasteiger partial charge in [-0.1, -0.05) is 79.3 Å². The summed E-state index contributed by atoms with van der Waals surface area (Å²) in [5, 5.41) is 0. The van der Waals surface area contributed by atoms with E-state index in [9.17, 15) is 19.2 Å². The second kappa shape index (κ2) is 15.7. The van der Waals surface area contributed by atoms with Gasteiger partial charge in [0.05, 0.1) is 5.69 Å². The molecule has 0 aliphatic heterocycles. The monoisotopic (exact) mass is 493 g/mol. The van der Waals surface area contributed by atoms with Crippen LogP contribution in [-0.2, 0) is 38.4 Å². The fourth-order valence-corrected chi connectivity index (χ4v) is 3.33.